The van der Waals surface area contributed by atoms with E-state index in [0.29, 0.717) is 31.0 Å². The van der Waals surface area contributed by atoms with Crippen LogP contribution in [0.4, 0.5) is 0 Å². The standard InChI is InChI=1S/C12H20O2/c1-9(2)11-5-4-10(14)8-12(11,3)6-7-13/h11,13H,1,4-8H2,2-3H3/t11-,12+/m0/s1. The molecule has 1 fully saturated rings. The molecule has 0 bridgehead atoms. The molecule has 1 rings (SSSR count). The molecule has 0 saturated heterocycles. The van der Waals surface area contributed by atoms with Gasteiger partial charge >= 0.3 is 0 Å². The van der Waals surface area contributed by atoms with E-state index >= 15 is 0 Å². The molecule has 0 unspecified atom stereocenters. The van der Waals surface area contributed by atoms with Crippen molar-refractivity contribution >= 4 is 5.78 Å². The van der Waals surface area contributed by atoms with Crippen molar-refractivity contribution in [3.05, 3.63) is 12.2 Å². The maximum atomic E-state index is 11.4. The lowest BCUT2D eigenvalue weighted by atomic mass is 9.63. The minimum Gasteiger partial charge on any atom is -0.396 e. The predicted molar refractivity (Wildman–Crippen MR) is 57.0 cm³/mol. The summed E-state index contributed by atoms with van der Waals surface area (Å²) >= 11 is 0. The number of aliphatic hydroxyl groups is 1. The quantitative estimate of drug-likeness (QED) is 0.703. The van der Waals surface area contributed by atoms with E-state index in [1.807, 2.05) is 6.92 Å². The summed E-state index contributed by atoms with van der Waals surface area (Å²) in [5.41, 5.74) is 1.09. The van der Waals surface area contributed by atoms with Crippen molar-refractivity contribution in [3.63, 3.8) is 0 Å². The number of hydrogen-bond donors (Lipinski definition) is 1. The molecular formula is C12H20O2. The third-order valence-corrected chi connectivity index (χ3v) is 3.43. The van der Waals surface area contributed by atoms with Crippen LogP contribution in [-0.4, -0.2) is 17.5 Å². The predicted octanol–water partition coefficient (Wildman–Crippen LogP) is 2.32. The molecule has 2 atom stereocenters. The third-order valence-electron chi connectivity index (χ3n) is 3.43. The maximum Gasteiger partial charge on any atom is 0.133 e. The molecule has 1 N–H and O–H groups in total. The molecule has 1 aliphatic carbocycles. The van der Waals surface area contributed by atoms with Crippen LogP contribution >= 0.6 is 0 Å². The number of allylic oxidation sites excluding steroid dienone is 1. The summed E-state index contributed by atoms with van der Waals surface area (Å²) in [6.07, 6.45) is 2.89. The van der Waals surface area contributed by atoms with Crippen LogP contribution in [0, 0.1) is 11.3 Å². The lowest BCUT2D eigenvalue weighted by molar-refractivity contribution is -0.125. The third kappa shape index (κ3) is 2.24. The molecule has 1 aliphatic rings. The summed E-state index contributed by atoms with van der Waals surface area (Å²) in [4.78, 5) is 11.4. The number of carbonyl (C=O) groups excluding carboxylic acids is 1. The van der Waals surface area contributed by atoms with Crippen LogP contribution in [-0.2, 0) is 4.79 Å². The van der Waals surface area contributed by atoms with E-state index in [1.165, 1.54) is 0 Å². The first-order valence-corrected chi connectivity index (χ1v) is 5.27. The van der Waals surface area contributed by atoms with Gasteiger partial charge in [-0.2, -0.15) is 0 Å². The van der Waals surface area contributed by atoms with Crippen LogP contribution < -0.4 is 0 Å². The second-order valence-electron chi connectivity index (χ2n) is 4.78. The number of hydrogen-bond acceptors (Lipinski definition) is 2. The van der Waals surface area contributed by atoms with E-state index in [1.54, 1.807) is 0 Å². The summed E-state index contributed by atoms with van der Waals surface area (Å²) in [5.74, 6) is 0.728. The van der Waals surface area contributed by atoms with Crippen molar-refractivity contribution in [3.8, 4) is 0 Å². The van der Waals surface area contributed by atoms with Gasteiger partial charge in [0.2, 0.25) is 0 Å². The van der Waals surface area contributed by atoms with Gasteiger partial charge in [-0.3, -0.25) is 4.79 Å². The Labute approximate surface area is 86.0 Å². The minimum absolute atomic E-state index is 0.0596. The molecule has 0 radical (unpaired) electrons. The topological polar surface area (TPSA) is 37.3 Å². The van der Waals surface area contributed by atoms with Gasteiger partial charge in [0.1, 0.15) is 5.78 Å². The zero-order valence-corrected chi connectivity index (χ0v) is 9.18. The first-order chi connectivity index (χ1) is 6.49. The molecule has 2 nitrogen and oxygen atoms in total. The molecule has 0 aromatic rings. The Kier molecular flexibility index (Phi) is 3.48. The van der Waals surface area contributed by atoms with E-state index in [2.05, 4.69) is 13.5 Å². The second kappa shape index (κ2) is 4.26. The molecule has 0 aromatic heterocycles. The van der Waals surface area contributed by atoms with Crippen molar-refractivity contribution in [1.29, 1.82) is 0 Å². The number of aliphatic hydroxyl groups excluding tert-OH is 1. The molecule has 1 saturated carbocycles. The van der Waals surface area contributed by atoms with Gasteiger partial charge in [-0.25, -0.2) is 0 Å². The number of carbonyl (C=O) groups is 1. The average molecular weight is 196 g/mol. The fourth-order valence-electron chi connectivity index (χ4n) is 2.68. The van der Waals surface area contributed by atoms with E-state index in [-0.39, 0.29) is 12.0 Å². The normalized spacial score (nSPS) is 33.1. The van der Waals surface area contributed by atoms with Crippen molar-refractivity contribution in [2.45, 2.75) is 39.5 Å². The summed E-state index contributed by atoms with van der Waals surface area (Å²) in [7, 11) is 0. The summed E-state index contributed by atoms with van der Waals surface area (Å²) in [5, 5.41) is 9.03. The van der Waals surface area contributed by atoms with Crippen LogP contribution in [0.1, 0.15) is 39.5 Å². The van der Waals surface area contributed by atoms with Gasteiger partial charge in [0.05, 0.1) is 0 Å². The van der Waals surface area contributed by atoms with Crippen LogP contribution in [0.15, 0.2) is 12.2 Å². The maximum absolute atomic E-state index is 11.4. The fourth-order valence-corrected chi connectivity index (χ4v) is 2.68. The summed E-state index contributed by atoms with van der Waals surface area (Å²) in [6.45, 7) is 8.27. The highest BCUT2D eigenvalue weighted by Crippen LogP contribution is 2.45. The lowest BCUT2D eigenvalue weighted by Crippen LogP contribution is -2.36. The van der Waals surface area contributed by atoms with Gasteiger partial charge in [-0.05, 0) is 31.1 Å². The number of Topliss-reactive ketones (excluding diaryl/α,β-unsaturated/α-hetero) is 1. The van der Waals surface area contributed by atoms with E-state index in [4.69, 9.17) is 5.11 Å². The Morgan fingerprint density at radius 2 is 2.36 bits per heavy atom. The highest BCUT2D eigenvalue weighted by Gasteiger charge is 2.39. The molecule has 0 heterocycles. The van der Waals surface area contributed by atoms with Crippen LogP contribution in [0.2, 0.25) is 0 Å². The van der Waals surface area contributed by atoms with Crippen molar-refractivity contribution in [1.82, 2.24) is 0 Å². The Bertz CT molecular complexity index is 245. The van der Waals surface area contributed by atoms with Crippen molar-refractivity contribution in [2.75, 3.05) is 6.61 Å². The highest BCUT2D eigenvalue weighted by molar-refractivity contribution is 5.80. The molecule has 0 amide bonds. The molecule has 0 aliphatic heterocycles. The molecule has 0 spiro atoms. The van der Waals surface area contributed by atoms with Crippen molar-refractivity contribution in [2.24, 2.45) is 11.3 Å². The fraction of sp³-hybridized carbons (Fsp3) is 0.750. The van der Waals surface area contributed by atoms with Gasteiger partial charge in [-0.15, -0.1) is 0 Å². The van der Waals surface area contributed by atoms with Crippen molar-refractivity contribution < 1.29 is 9.90 Å². The Balaban J connectivity index is 2.82. The van der Waals surface area contributed by atoms with Gasteiger partial charge < -0.3 is 5.11 Å². The molecule has 0 aromatic carbocycles. The lowest BCUT2D eigenvalue weighted by Gasteiger charge is -2.41. The minimum atomic E-state index is -0.0596. The number of rotatable bonds is 3. The molecule has 14 heavy (non-hydrogen) atoms. The van der Waals surface area contributed by atoms with Gasteiger partial charge in [0.25, 0.3) is 0 Å². The van der Waals surface area contributed by atoms with Gasteiger partial charge in [0, 0.05) is 19.4 Å². The number of ketones is 1. The Morgan fingerprint density at radius 1 is 1.71 bits per heavy atom. The first kappa shape index (κ1) is 11.4. The zero-order chi connectivity index (χ0) is 10.8. The summed E-state index contributed by atoms with van der Waals surface area (Å²) < 4.78 is 0. The van der Waals surface area contributed by atoms with Crippen LogP contribution in [0.25, 0.3) is 0 Å². The van der Waals surface area contributed by atoms with E-state index in [9.17, 15) is 4.79 Å². The average Bonchev–Trinajstić information content (AvgIpc) is 2.02. The largest absolute Gasteiger partial charge is 0.396 e. The molecule has 80 valence electrons. The zero-order valence-electron chi connectivity index (χ0n) is 9.18. The van der Waals surface area contributed by atoms with E-state index in [0.717, 1.165) is 12.0 Å². The monoisotopic (exact) mass is 196 g/mol. The smallest absolute Gasteiger partial charge is 0.133 e. The summed E-state index contributed by atoms with van der Waals surface area (Å²) in [6, 6.07) is 0. The van der Waals surface area contributed by atoms with E-state index < -0.39 is 0 Å². The first-order valence-electron chi connectivity index (χ1n) is 5.27. The van der Waals surface area contributed by atoms with Crippen LogP contribution in [0.3, 0.4) is 0 Å². The van der Waals surface area contributed by atoms with Crippen LogP contribution in [0.5, 0.6) is 0 Å². The highest BCUT2D eigenvalue weighted by atomic mass is 16.3. The molecule has 2 heteroatoms. The SMILES string of the molecule is C=C(C)[C@@H]1CCC(=O)C[C@@]1(C)CCO. The van der Waals surface area contributed by atoms with Gasteiger partial charge in [-0.1, -0.05) is 19.1 Å². The van der Waals surface area contributed by atoms with Gasteiger partial charge in [0.15, 0.2) is 0 Å². The Hall–Kier alpha value is -0.630. The Morgan fingerprint density at radius 3 is 2.86 bits per heavy atom. The second-order valence-corrected chi connectivity index (χ2v) is 4.78. The molecular weight excluding hydrogens is 176 g/mol.